The number of nitrogens with one attached hydrogen (secondary N) is 1. The Morgan fingerprint density at radius 2 is 2.21 bits per heavy atom. The van der Waals surface area contributed by atoms with E-state index in [4.69, 9.17) is 4.42 Å². The molecule has 7 nitrogen and oxygen atoms in total. The number of furan rings is 1. The van der Waals surface area contributed by atoms with Crippen LogP contribution in [0, 0.1) is 10.1 Å². The summed E-state index contributed by atoms with van der Waals surface area (Å²) in [7, 11) is 0. The summed E-state index contributed by atoms with van der Waals surface area (Å²) in [5, 5.41) is 15.2. The van der Waals surface area contributed by atoms with E-state index in [1.807, 2.05) is 0 Å². The third kappa shape index (κ3) is 3.55. The van der Waals surface area contributed by atoms with Crippen molar-refractivity contribution in [2.45, 2.75) is 0 Å². The topological polar surface area (TPSA) is 97.7 Å². The van der Waals surface area contributed by atoms with Gasteiger partial charge in [-0.3, -0.25) is 14.9 Å². The molecule has 3 rings (SSSR count). The number of hydrogen-bond acceptors (Lipinski definition) is 6. The molecule has 0 radical (unpaired) electrons. The Morgan fingerprint density at radius 1 is 1.33 bits per heavy atom. The molecule has 120 valence electrons. The fourth-order valence-corrected chi connectivity index (χ4v) is 2.91. The Kier molecular flexibility index (Phi) is 4.48. The molecule has 24 heavy (non-hydrogen) atoms. The minimum Gasteiger partial charge on any atom is -0.465 e. The normalized spacial score (nSPS) is 11.5. The molecular weight excluding hydrogens is 330 g/mol. The molecule has 0 aliphatic rings. The second-order valence-electron chi connectivity index (χ2n) is 4.68. The Labute approximate surface area is 140 Å². The van der Waals surface area contributed by atoms with Crippen LogP contribution in [0.1, 0.15) is 15.4 Å². The quantitative estimate of drug-likeness (QED) is 0.433. The van der Waals surface area contributed by atoms with E-state index in [0.717, 1.165) is 4.70 Å². The fourth-order valence-electron chi connectivity index (χ4n) is 1.97. The van der Waals surface area contributed by atoms with Crippen LogP contribution in [0.2, 0.25) is 0 Å². The number of fused-ring (bicyclic) bond motifs is 1. The number of allylic oxidation sites excluding steroid dienone is 1. The molecule has 0 bridgehead atoms. The van der Waals surface area contributed by atoms with E-state index in [9.17, 15) is 14.9 Å². The number of hydrogen-bond donors (Lipinski definition) is 1. The number of benzene rings is 1. The number of thiophene rings is 1. The molecule has 0 fully saturated rings. The minimum atomic E-state index is -0.466. The first kappa shape index (κ1) is 15.6. The minimum absolute atomic E-state index is 0.00616. The number of carbonyl (C=O) groups excluding carboxylic acids is 1. The van der Waals surface area contributed by atoms with Gasteiger partial charge in [0.05, 0.1) is 16.1 Å². The van der Waals surface area contributed by atoms with Crippen molar-refractivity contribution in [1.29, 1.82) is 0 Å². The summed E-state index contributed by atoms with van der Waals surface area (Å²) in [4.78, 5) is 22.8. The summed E-state index contributed by atoms with van der Waals surface area (Å²) in [6, 6.07) is 9.65. The van der Waals surface area contributed by atoms with Crippen molar-refractivity contribution in [2.75, 3.05) is 0 Å². The predicted molar refractivity (Wildman–Crippen MR) is 92.2 cm³/mol. The van der Waals surface area contributed by atoms with Crippen molar-refractivity contribution in [3.8, 4) is 0 Å². The molecule has 0 atom stereocenters. The summed E-state index contributed by atoms with van der Waals surface area (Å²) < 4.78 is 5.91. The van der Waals surface area contributed by atoms with Crippen molar-refractivity contribution in [3.63, 3.8) is 0 Å². The van der Waals surface area contributed by atoms with Crippen LogP contribution < -0.4 is 5.43 Å². The standard InChI is InChI=1S/C16H11N3O4S/c20-16(18-17-7-1-3-13-4-2-8-23-13)15-10-11-9-12(19(21)22)5-6-14(11)24-15/h1-10H,(H,18,20)/b3-1+,17-7-. The number of amides is 1. The van der Waals surface area contributed by atoms with Crippen molar-refractivity contribution < 1.29 is 14.1 Å². The third-order valence-electron chi connectivity index (χ3n) is 3.06. The van der Waals surface area contributed by atoms with Gasteiger partial charge < -0.3 is 4.42 Å². The third-order valence-corrected chi connectivity index (χ3v) is 4.18. The van der Waals surface area contributed by atoms with Gasteiger partial charge in [-0.05, 0) is 36.4 Å². The van der Waals surface area contributed by atoms with E-state index in [-0.39, 0.29) is 11.6 Å². The van der Waals surface area contributed by atoms with E-state index in [1.165, 1.54) is 29.7 Å². The van der Waals surface area contributed by atoms with E-state index in [0.29, 0.717) is 16.0 Å². The Hall–Kier alpha value is -3.26. The number of non-ortho nitro benzene ring substituents is 1. The van der Waals surface area contributed by atoms with Crippen LogP contribution in [-0.4, -0.2) is 17.0 Å². The number of hydrazone groups is 1. The van der Waals surface area contributed by atoms with Gasteiger partial charge in [0, 0.05) is 28.4 Å². The first-order valence-corrected chi connectivity index (χ1v) is 7.67. The first-order valence-electron chi connectivity index (χ1n) is 6.85. The smallest absolute Gasteiger partial charge is 0.281 e. The lowest BCUT2D eigenvalue weighted by atomic mass is 10.2. The number of nitro benzene ring substituents is 1. The SMILES string of the molecule is O=C(N/N=C\C=C\c1ccco1)c1cc2cc([N+](=O)[O-])ccc2s1. The van der Waals surface area contributed by atoms with E-state index >= 15 is 0 Å². The monoisotopic (exact) mass is 341 g/mol. The van der Waals surface area contributed by atoms with Gasteiger partial charge in [-0.2, -0.15) is 5.10 Å². The van der Waals surface area contributed by atoms with Crippen LogP contribution in [0.25, 0.3) is 16.2 Å². The van der Waals surface area contributed by atoms with Crippen LogP contribution in [-0.2, 0) is 0 Å². The van der Waals surface area contributed by atoms with Crippen molar-refractivity contribution >= 4 is 45.3 Å². The lowest BCUT2D eigenvalue weighted by Crippen LogP contribution is -2.15. The van der Waals surface area contributed by atoms with Gasteiger partial charge in [0.15, 0.2) is 0 Å². The molecule has 0 aliphatic carbocycles. The van der Waals surface area contributed by atoms with Crippen LogP contribution in [0.3, 0.4) is 0 Å². The van der Waals surface area contributed by atoms with E-state index in [2.05, 4.69) is 10.5 Å². The van der Waals surface area contributed by atoms with Gasteiger partial charge in [0.1, 0.15) is 5.76 Å². The van der Waals surface area contributed by atoms with Gasteiger partial charge in [0.25, 0.3) is 11.6 Å². The highest BCUT2D eigenvalue weighted by Crippen LogP contribution is 2.28. The van der Waals surface area contributed by atoms with Gasteiger partial charge in [0.2, 0.25) is 0 Å². The van der Waals surface area contributed by atoms with Crippen molar-refractivity contribution in [3.05, 3.63) is 69.5 Å². The highest BCUT2D eigenvalue weighted by Gasteiger charge is 2.12. The second-order valence-corrected chi connectivity index (χ2v) is 5.77. The molecule has 2 aromatic heterocycles. The van der Waals surface area contributed by atoms with Crippen molar-refractivity contribution in [2.24, 2.45) is 5.10 Å². The zero-order valence-corrected chi connectivity index (χ0v) is 13.0. The molecule has 0 unspecified atom stereocenters. The molecule has 0 saturated carbocycles. The van der Waals surface area contributed by atoms with E-state index in [1.54, 1.807) is 42.7 Å². The fraction of sp³-hybridized carbons (Fsp3) is 0. The van der Waals surface area contributed by atoms with Crippen LogP contribution in [0.15, 0.2) is 58.3 Å². The Morgan fingerprint density at radius 3 is 2.96 bits per heavy atom. The molecule has 0 spiro atoms. The molecular formula is C16H11N3O4S. The lowest BCUT2D eigenvalue weighted by Gasteiger charge is -1.93. The van der Waals surface area contributed by atoms with Gasteiger partial charge >= 0.3 is 0 Å². The maximum absolute atomic E-state index is 12.0. The van der Waals surface area contributed by atoms with Crippen molar-refractivity contribution in [1.82, 2.24) is 5.43 Å². The average Bonchev–Trinajstić information content (AvgIpc) is 3.22. The highest BCUT2D eigenvalue weighted by atomic mass is 32.1. The zero-order valence-electron chi connectivity index (χ0n) is 12.2. The van der Waals surface area contributed by atoms with Gasteiger partial charge in [-0.25, -0.2) is 5.43 Å². The number of nitrogens with zero attached hydrogens (tertiary/aromatic N) is 2. The Balaban J connectivity index is 1.66. The van der Waals surface area contributed by atoms with Gasteiger partial charge in [-0.1, -0.05) is 0 Å². The molecule has 1 aromatic carbocycles. The summed E-state index contributed by atoms with van der Waals surface area (Å²) in [6.07, 6.45) is 6.32. The van der Waals surface area contributed by atoms with Gasteiger partial charge in [-0.15, -0.1) is 11.3 Å². The summed E-state index contributed by atoms with van der Waals surface area (Å²) >= 11 is 1.25. The molecule has 2 heterocycles. The first-order chi connectivity index (χ1) is 11.6. The largest absolute Gasteiger partial charge is 0.465 e. The molecule has 0 saturated heterocycles. The summed E-state index contributed by atoms with van der Waals surface area (Å²) in [5.41, 5.74) is 2.40. The predicted octanol–water partition coefficient (Wildman–Crippen LogP) is 3.83. The van der Waals surface area contributed by atoms with E-state index < -0.39 is 4.92 Å². The molecule has 0 aliphatic heterocycles. The average molecular weight is 341 g/mol. The zero-order chi connectivity index (χ0) is 16.9. The molecule has 1 amide bonds. The highest BCUT2D eigenvalue weighted by molar-refractivity contribution is 7.20. The molecule has 8 heteroatoms. The molecule has 3 aromatic rings. The number of nitro groups is 1. The van der Waals surface area contributed by atoms with Crippen LogP contribution in [0.4, 0.5) is 5.69 Å². The number of carbonyl (C=O) groups is 1. The maximum atomic E-state index is 12.0. The Bertz CT molecular complexity index is 942. The molecule has 1 N–H and O–H groups in total. The number of rotatable bonds is 5. The summed E-state index contributed by atoms with van der Waals surface area (Å²) in [6.45, 7) is 0. The lowest BCUT2D eigenvalue weighted by molar-refractivity contribution is -0.384. The van der Waals surface area contributed by atoms with Crippen LogP contribution >= 0.6 is 11.3 Å². The van der Waals surface area contributed by atoms with Crippen LogP contribution in [0.5, 0.6) is 0 Å². The maximum Gasteiger partial charge on any atom is 0.281 e. The second kappa shape index (κ2) is 6.88. The summed E-state index contributed by atoms with van der Waals surface area (Å²) in [5.74, 6) is 0.306.